The van der Waals surface area contributed by atoms with Gasteiger partial charge in [-0.3, -0.25) is 9.89 Å². The van der Waals surface area contributed by atoms with E-state index in [0.29, 0.717) is 11.6 Å². The van der Waals surface area contributed by atoms with Gasteiger partial charge in [0.1, 0.15) is 12.2 Å². The van der Waals surface area contributed by atoms with Crippen LogP contribution in [0.5, 0.6) is 0 Å². The van der Waals surface area contributed by atoms with Gasteiger partial charge in [-0.1, -0.05) is 13.8 Å². The molecule has 8 nitrogen and oxygen atoms in total. The van der Waals surface area contributed by atoms with Crippen LogP contribution in [0.1, 0.15) is 55.0 Å². The van der Waals surface area contributed by atoms with Gasteiger partial charge < -0.3 is 9.88 Å². The summed E-state index contributed by atoms with van der Waals surface area (Å²) in [5.74, 6) is 1.37. The van der Waals surface area contributed by atoms with Crippen molar-refractivity contribution in [1.82, 2.24) is 35.3 Å². The molecule has 0 aliphatic carbocycles. The molecule has 1 amide bonds. The maximum Gasteiger partial charge on any atom is 0.291 e. The average Bonchev–Trinajstić information content (AvgIpc) is 2.96. The van der Waals surface area contributed by atoms with E-state index in [0.717, 1.165) is 0 Å². The first-order valence-electron chi connectivity index (χ1n) is 6.06. The third-order valence-corrected chi connectivity index (χ3v) is 2.73. The largest absolute Gasteiger partial charge is 0.340 e. The molecule has 102 valence electrons. The van der Waals surface area contributed by atoms with Crippen LogP contribution in [0, 0.1) is 0 Å². The Hall–Kier alpha value is -2.25. The summed E-state index contributed by atoms with van der Waals surface area (Å²) in [6.07, 6.45) is 1.58. The SMILES string of the molecule is CC(C)c1nc(C(=O)NC(C)c2nncn2C)n[nH]1. The van der Waals surface area contributed by atoms with Crippen LogP contribution in [-0.4, -0.2) is 35.9 Å². The minimum Gasteiger partial charge on any atom is -0.340 e. The summed E-state index contributed by atoms with van der Waals surface area (Å²) in [5.41, 5.74) is 0. The molecule has 8 heteroatoms. The van der Waals surface area contributed by atoms with Crippen molar-refractivity contribution in [2.45, 2.75) is 32.7 Å². The monoisotopic (exact) mass is 263 g/mol. The van der Waals surface area contributed by atoms with Gasteiger partial charge in [-0.05, 0) is 6.92 Å². The van der Waals surface area contributed by atoms with E-state index in [4.69, 9.17) is 0 Å². The van der Waals surface area contributed by atoms with Crippen LogP contribution in [0.4, 0.5) is 0 Å². The van der Waals surface area contributed by atoms with Crippen molar-refractivity contribution in [3.63, 3.8) is 0 Å². The number of hydrogen-bond donors (Lipinski definition) is 2. The van der Waals surface area contributed by atoms with Crippen LogP contribution in [0.3, 0.4) is 0 Å². The maximum atomic E-state index is 12.0. The minimum atomic E-state index is -0.335. The first-order chi connectivity index (χ1) is 8.99. The van der Waals surface area contributed by atoms with E-state index >= 15 is 0 Å². The second-order valence-electron chi connectivity index (χ2n) is 4.69. The van der Waals surface area contributed by atoms with E-state index in [1.165, 1.54) is 0 Å². The molecule has 0 bridgehead atoms. The summed E-state index contributed by atoms with van der Waals surface area (Å²) in [4.78, 5) is 16.1. The summed E-state index contributed by atoms with van der Waals surface area (Å²) >= 11 is 0. The lowest BCUT2D eigenvalue weighted by atomic mass is 10.2. The van der Waals surface area contributed by atoms with Crippen molar-refractivity contribution in [2.24, 2.45) is 7.05 Å². The molecule has 0 saturated carbocycles. The lowest BCUT2D eigenvalue weighted by Gasteiger charge is -2.11. The molecular weight excluding hydrogens is 246 g/mol. The number of carbonyl (C=O) groups excluding carboxylic acids is 1. The minimum absolute atomic E-state index is 0.137. The molecule has 0 spiro atoms. The van der Waals surface area contributed by atoms with Gasteiger partial charge in [-0.25, -0.2) is 4.98 Å². The molecule has 0 radical (unpaired) electrons. The van der Waals surface area contributed by atoms with Crippen molar-refractivity contribution in [3.8, 4) is 0 Å². The fourth-order valence-corrected chi connectivity index (χ4v) is 1.64. The second-order valence-corrected chi connectivity index (χ2v) is 4.69. The van der Waals surface area contributed by atoms with E-state index < -0.39 is 0 Å². The van der Waals surface area contributed by atoms with E-state index in [1.807, 2.05) is 27.8 Å². The van der Waals surface area contributed by atoms with Crippen molar-refractivity contribution < 1.29 is 4.79 Å². The Morgan fingerprint density at radius 3 is 2.68 bits per heavy atom. The highest BCUT2D eigenvalue weighted by Gasteiger charge is 2.19. The number of nitrogens with zero attached hydrogens (tertiary/aromatic N) is 5. The van der Waals surface area contributed by atoms with E-state index in [-0.39, 0.29) is 23.7 Å². The van der Waals surface area contributed by atoms with Gasteiger partial charge in [-0.2, -0.15) is 0 Å². The number of aromatic amines is 1. The number of amides is 1. The molecule has 1 unspecified atom stereocenters. The van der Waals surface area contributed by atoms with Gasteiger partial charge >= 0.3 is 0 Å². The Balaban J connectivity index is 2.06. The number of H-pyrrole nitrogens is 1. The molecule has 2 rings (SSSR count). The second kappa shape index (κ2) is 5.17. The van der Waals surface area contributed by atoms with E-state index in [2.05, 4.69) is 30.7 Å². The molecule has 0 fully saturated rings. The quantitative estimate of drug-likeness (QED) is 0.838. The Morgan fingerprint density at radius 1 is 1.42 bits per heavy atom. The van der Waals surface area contributed by atoms with Crippen LogP contribution in [-0.2, 0) is 7.05 Å². The molecule has 1 atom stereocenters. The number of nitrogens with one attached hydrogen (secondary N) is 2. The third-order valence-electron chi connectivity index (χ3n) is 2.73. The van der Waals surface area contributed by atoms with Crippen molar-refractivity contribution >= 4 is 5.91 Å². The zero-order valence-corrected chi connectivity index (χ0v) is 11.4. The fraction of sp³-hybridized carbons (Fsp3) is 0.545. The lowest BCUT2D eigenvalue weighted by molar-refractivity contribution is 0.0927. The highest BCUT2D eigenvalue weighted by atomic mass is 16.2. The van der Waals surface area contributed by atoms with Crippen molar-refractivity contribution in [1.29, 1.82) is 0 Å². The summed E-state index contributed by atoms with van der Waals surface area (Å²) in [6.45, 7) is 5.78. The highest BCUT2D eigenvalue weighted by Crippen LogP contribution is 2.10. The van der Waals surface area contributed by atoms with Gasteiger partial charge in [0.15, 0.2) is 5.82 Å². The summed E-state index contributed by atoms with van der Waals surface area (Å²) in [7, 11) is 1.82. The third kappa shape index (κ3) is 2.78. The Labute approximate surface area is 110 Å². The Morgan fingerprint density at radius 2 is 2.16 bits per heavy atom. The van der Waals surface area contributed by atoms with E-state index in [1.54, 1.807) is 10.9 Å². The van der Waals surface area contributed by atoms with Gasteiger partial charge in [0.2, 0.25) is 5.82 Å². The fourth-order valence-electron chi connectivity index (χ4n) is 1.64. The Kier molecular flexibility index (Phi) is 3.59. The molecule has 0 aliphatic heterocycles. The molecule has 2 aromatic heterocycles. The smallest absolute Gasteiger partial charge is 0.291 e. The summed E-state index contributed by atoms with van der Waals surface area (Å²) < 4.78 is 1.75. The van der Waals surface area contributed by atoms with Crippen LogP contribution in [0.2, 0.25) is 0 Å². The highest BCUT2D eigenvalue weighted by molar-refractivity contribution is 5.90. The first kappa shape index (κ1) is 13.2. The van der Waals surface area contributed by atoms with Crippen LogP contribution in [0.25, 0.3) is 0 Å². The topological polar surface area (TPSA) is 101 Å². The predicted molar refractivity (Wildman–Crippen MR) is 67.4 cm³/mol. The number of aromatic nitrogens is 6. The molecular formula is C11H17N7O. The number of aryl methyl sites for hydroxylation is 1. The summed E-state index contributed by atoms with van der Waals surface area (Å²) in [6, 6.07) is -0.263. The number of rotatable bonds is 4. The van der Waals surface area contributed by atoms with Crippen LogP contribution in [0.15, 0.2) is 6.33 Å². The average molecular weight is 263 g/mol. The molecule has 2 heterocycles. The van der Waals surface area contributed by atoms with Gasteiger partial charge in [0, 0.05) is 13.0 Å². The van der Waals surface area contributed by atoms with Crippen molar-refractivity contribution in [2.75, 3.05) is 0 Å². The zero-order chi connectivity index (χ0) is 14.0. The number of carbonyl (C=O) groups is 1. The van der Waals surface area contributed by atoms with Crippen LogP contribution < -0.4 is 5.32 Å². The standard InChI is InChI=1S/C11H17N7O/c1-6(2)8-14-9(16-15-8)11(19)13-7(3)10-17-12-5-18(10)4/h5-7H,1-4H3,(H,13,19)(H,14,15,16). The Bertz CT molecular complexity index is 571. The lowest BCUT2D eigenvalue weighted by Crippen LogP contribution is -2.29. The van der Waals surface area contributed by atoms with E-state index in [9.17, 15) is 4.79 Å². The first-order valence-corrected chi connectivity index (χ1v) is 6.06. The molecule has 19 heavy (non-hydrogen) atoms. The maximum absolute atomic E-state index is 12.0. The summed E-state index contributed by atoms with van der Waals surface area (Å²) in [5, 5.41) is 17.2. The zero-order valence-electron chi connectivity index (χ0n) is 11.4. The van der Waals surface area contributed by atoms with Gasteiger partial charge in [-0.15, -0.1) is 15.3 Å². The van der Waals surface area contributed by atoms with Gasteiger partial charge in [0.25, 0.3) is 5.91 Å². The molecule has 2 aromatic rings. The molecule has 2 N–H and O–H groups in total. The van der Waals surface area contributed by atoms with Gasteiger partial charge in [0.05, 0.1) is 6.04 Å². The molecule has 0 aliphatic rings. The molecule has 0 aromatic carbocycles. The molecule has 0 saturated heterocycles. The normalized spacial score (nSPS) is 12.7. The number of hydrogen-bond acceptors (Lipinski definition) is 5. The van der Waals surface area contributed by atoms with Crippen LogP contribution >= 0.6 is 0 Å². The van der Waals surface area contributed by atoms with Crippen molar-refractivity contribution in [3.05, 3.63) is 23.8 Å². The predicted octanol–water partition coefficient (Wildman–Crippen LogP) is 0.548.